The Hall–Kier alpha value is -0.900. The van der Waals surface area contributed by atoms with E-state index in [2.05, 4.69) is 39.8 Å². The third-order valence-electron chi connectivity index (χ3n) is 10.9. The number of rotatable bonds is 6. The minimum Gasteiger partial charge on any atom is -0.387 e. The fraction of sp³-hybridized carbons (Fsp3) is 0.806. The van der Waals surface area contributed by atoms with Crippen LogP contribution in [0.5, 0.6) is 0 Å². The maximum atomic E-state index is 9.63. The average Bonchev–Trinajstić information content (AvgIpc) is 3.18. The first-order chi connectivity index (χ1) is 16.3. The van der Waals surface area contributed by atoms with Crippen LogP contribution in [0.4, 0.5) is 0 Å². The summed E-state index contributed by atoms with van der Waals surface area (Å²) in [6.45, 7) is 10.3. The highest BCUT2D eigenvalue weighted by atomic mass is 16.7. The summed E-state index contributed by atoms with van der Waals surface area (Å²) in [7, 11) is 0. The van der Waals surface area contributed by atoms with Crippen LogP contribution < -0.4 is 0 Å². The summed E-state index contributed by atoms with van der Waals surface area (Å²) < 4.78 is 12.0. The van der Waals surface area contributed by atoms with Gasteiger partial charge in [-0.2, -0.15) is 0 Å². The van der Waals surface area contributed by atoms with Gasteiger partial charge in [0.05, 0.1) is 18.8 Å². The lowest BCUT2D eigenvalue weighted by Crippen LogP contribution is -2.50. The molecule has 34 heavy (non-hydrogen) atoms. The standard InChI is InChI=1S/C31H48O3/c1-5-6-7-8-21(2)26-12-13-27-25-11-9-22-19-24(34-29-14-10-23(32)20-33-29)15-17-30(22,3)28(25)16-18-31(26,27)4/h8-10,14,23-29,32H,5-7,11-13,15-20H2,1-4H3/b21-8+. The Bertz CT molecular complexity index is 827. The second-order valence-corrected chi connectivity index (χ2v) is 12.7. The number of hydrogen-bond donors (Lipinski definition) is 1. The molecule has 0 amide bonds. The Morgan fingerprint density at radius 3 is 2.76 bits per heavy atom. The number of unbranched alkanes of at least 4 members (excludes halogenated alkanes) is 2. The number of ether oxygens (including phenoxy) is 2. The van der Waals surface area contributed by atoms with Crippen LogP contribution in [0.1, 0.15) is 98.3 Å². The van der Waals surface area contributed by atoms with Gasteiger partial charge >= 0.3 is 0 Å². The number of hydrogen-bond acceptors (Lipinski definition) is 3. The van der Waals surface area contributed by atoms with Crippen molar-refractivity contribution in [2.24, 2.45) is 34.5 Å². The van der Waals surface area contributed by atoms with Gasteiger partial charge in [-0.05, 0) is 105 Å². The van der Waals surface area contributed by atoms with Crippen molar-refractivity contribution in [1.82, 2.24) is 0 Å². The zero-order chi connectivity index (χ0) is 23.9. The highest BCUT2D eigenvalue weighted by molar-refractivity contribution is 5.26. The van der Waals surface area contributed by atoms with Crippen LogP contribution in [0.15, 0.2) is 35.5 Å². The minimum atomic E-state index is -0.490. The average molecular weight is 469 g/mol. The Morgan fingerprint density at radius 2 is 2.00 bits per heavy atom. The van der Waals surface area contributed by atoms with Crippen molar-refractivity contribution in [3.8, 4) is 0 Å². The summed E-state index contributed by atoms with van der Waals surface area (Å²) in [4.78, 5) is 0. The van der Waals surface area contributed by atoms with Crippen LogP contribution in [0.2, 0.25) is 0 Å². The molecule has 0 aromatic carbocycles. The molecule has 0 bridgehead atoms. The molecular weight excluding hydrogens is 420 g/mol. The fourth-order valence-corrected chi connectivity index (χ4v) is 8.97. The van der Waals surface area contributed by atoms with E-state index in [1.54, 1.807) is 17.2 Å². The first-order valence-corrected chi connectivity index (χ1v) is 14.3. The lowest BCUT2D eigenvalue weighted by atomic mass is 9.47. The third kappa shape index (κ3) is 4.39. The van der Waals surface area contributed by atoms with Gasteiger partial charge in [-0.1, -0.05) is 63.0 Å². The SMILES string of the molecule is CCCC/C=C(\C)C1CCC2C3CC=C4CC(OC5C=CC(O)CO5)CCC4(C)C3CCC12C. The second kappa shape index (κ2) is 9.87. The van der Waals surface area contributed by atoms with E-state index in [9.17, 15) is 5.11 Å². The summed E-state index contributed by atoms with van der Waals surface area (Å²) in [5, 5.41) is 9.63. The van der Waals surface area contributed by atoms with Crippen LogP contribution >= 0.6 is 0 Å². The highest BCUT2D eigenvalue weighted by Crippen LogP contribution is 2.67. The fourth-order valence-electron chi connectivity index (χ4n) is 8.97. The first-order valence-electron chi connectivity index (χ1n) is 14.3. The zero-order valence-electron chi connectivity index (χ0n) is 22.1. The maximum absolute atomic E-state index is 9.63. The highest BCUT2D eigenvalue weighted by Gasteiger charge is 2.58. The van der Waals surface area contributed by atoms with Crippen LogP contribution in [0, 0.1) is 34.5 Å². The quantitative estimate of drug-likeness (QED) is 0.327. The molecule has 0 aromatic heterocycles. The zero-order valence-corrected chi connectivity index (χ0v) is 22.1. The molecule has 3 nitrogen and oxygen atoms in total. The number of allylic oxidation sites excluding steroid dienone is 3. The molecule has 3 heteroatoms. The van der Waals surface area contributed by atoms with E-state index < -0.39 is 6.10 Å². The summed E-state index contributed by atoms with van der Waals surface area (Å²) in [6, 6.07) is 0. The third-order valence-corrected chi connectivity index (χ3v) is 10.9. The molecule has 9 atom stereocenters. The predicted octanol–water partition coefficient (Wildman–Crippen LogP) is 7.36. The summed E-state index contributed by atoms with van der Waals surface area (Å²) in [5.74, 6) is 3.40. The van der Waals surface area contributed by atoms with Gasteiger partial charge in [0.2, 0.25) is 0 Å². The molecule has 0 spiro atoms. The van der Waals surface area contributed by atoms with Crippen molar-refractivity contribution in [1.29, 1.82) is 0 Å². The van der Waals surface area contributed by atoms with E-state index in [1.165, 1.54) is 57.8 Å². The Morgan fingerprint density at radius 1 is 1.15 bits per heavy atom. The number of aliphatic hydroxyl groups excluding tert-OH is 1. The van der Waals surface area contributed by atoms with Gasteiger partial charge in [0.1, 0.15) is 0 Å². The van der Waals surface area contributed by atoms with Crippen LogP contribution in [-0.4, -0.2) is 30.2 Å². The first kappa shape index (κ1) is 24.8. The van der Waals surface area contributed by atoms with Crippen LogP contribution in [0.25, 0.3) is 0 Å². The van der Waals surface area contributed by atoms with Crippen molar-refractivity contribution in [3.05, 3.63) is 35.5 Å². The van der Waals surface area contributed by atoms with Gasteiger partial charge < -0.3 is 14.6 Å². The molecule has 0 radical (unpaired) electrons. The number of aliphatic hydroxyl groups is 1. The Labute approximate surface area is 208 Å². The van der Waals surface area contributed by atoms with Crippen molar-refractivity contribution in [3.63, 3.8) is 0 Å². The van der Waals surface area contributed by atoms with Gasteiger partial charge in [0, 0.05) is 0 Å². The van der Waals surface area contributed by atoms with Crippen molar-refractivity contribution >= 4 is 0 Å². The predicted molar refractivity (Wildman–Crippen MR) is 138 cm³/mol. The monoisotopic (exact) mass is 468 g/mol. The van der Waals surface area contributed by atoms with Gasteiger partial charge in [-0.3, -0.25) is 0 Å². The van der Waals surface area contributed by atoms with E-state index in [0.717, 1.165) is 36.5 Å². The molecule has 5 aliphatic rings. The summed E-state index contributed by atoms with van der Waals surface area (Å²) >= 11 is 0. The largest absolute Gasteiger partial charge is 0.387 e. The molecule has 5 rings (SSSR count). The summed E-state index contributed by atoms with van der Waals surface area (Å²) in [6.07, 6.45) is 22.6. The summed E-state index contributed by atoms with van der Waals surface area (Å²) in [5.41, 5.74) is 4.22. The van der Waals surface area contributed by atoms with Crippen molar-refractivity contribution < 1.29 is 14.6 Å². The van der Waals surface area contributed by atoms with Crippen LogP contribution in [-0.2, 0) is 9.47 Å². The van der Waals surface area contributed by atoms with Gasteiger partial charge in [0.25, 0.3) is 0 Å². The molecule has 1 N–H and O–H groups in total. The lowest BCUT2D eigenvalue weighted by Gasteiger charge is -2.58. The van der Waals surface area contributed by atoms with Gasteiger partial charge in [-0.15, -0.1) is 0 Å². The topological polar surface area (TPSA) is 38.7 Å². The van der Waals surface area contributed by atoms with Crippen LogP contribution in [0.3, 0.4) is 0 Å². The Kier molecular flexibility index (Phi) is 7.19. The molecule has 0 aromatic rings. The van der Waals surface area contributed by atoms with E-state index in [-0.39, 0.29) is 12.4 Å². The second-order valence-electron chi connectivity index (χ2n) is 12.7. The molecule has 1 heterocycles. The molecule has 3 fully saturated rings. The molecule has 3 saturated carbocycles. The smallest absolute Gasteiger partial charge is 0.177 e. The lowest BCUT2D eigenvalue weighted by molar-refractivity contribution is -0.168. The molecule has 4 aliphatic carbocycles. The minimum absolute atomic E-state index is 0.237. The Balaban J connectivity index is 1.28. The van der Waals surface area contributed by atoms with E-state index in [1.807, 2.05) is 6.08 Å². The molecule has 1 aliphatic heterocycles. The molecule has 190 valence electrons. The molecular formula is C31H48O3. The maximum Gasteiger partial charge on any atom is 0.177 e. The van der Waals surface area contributed by atoms with E-state index >= 15 is 0 Å². The van der Waals surface area contributed by atoms with Crippen molar-refractivity contribution in [2.75, 3.05) is 6.61 Å². The van der Waals surface area contributed by atoms with E-state index in [0.29, 0.717) is 17.4 Å². The van der Waals surface area contributed by atoms with E-state index in [4.69, 9.17) is 9.47 Å². The van der Waals surface area contributed by atoms with Gasteiger partial charge in [-0.25, -0.2) is 0 Å². The normalized spacial score (nSPS) is 46.4. The molecule has 9 unspecified atom stereocenters. The van der Waals surface area contributed by atoms with Crippen molar-refractivity contribution in [2.45, 2.75) is 117 Å². The number of fused-ring (bicyclic) bond motifs is 5. The molecule has 0 saturated heterocycles. The van der Waals surface area contributed by atoms with Gasteiger partial charge in [0.15, 0.2) is 6.29 Å².